The zero-order chi connectivity index (χ0) is 25.2. The second-order valence-electron chi connectivity index (χ2n) is 8.29. The van der Waals surface area contributed by atoms with E-state index in [1.807, 2.05) is 48.7 Å². The first-order valence-corrected chi connectivity index (χ1v) is 12.8. The van der Waals surface area contributed by atoms with Crippen molar-refractivity contribution in [2.75, 3.05) is 12.3 Å². The number of thioether (sulfide) groups is 1. The van der Waals surface area contributed by atoms with Crippen molar-refractivity contribution < 1.29 is 9.59 Å². The third-order valence-corrected chi connectivity index (χ3v) is 6.61. The monoisotopic (exact) mass is 511 g/mol. The van der Waals surface area contributed by atoms with Gasteiger partial charge in [-0.15, -0.1) is 16.8 Å². The molecule has 0 aliphatic carbocycles. The topological polar surface area (TPSA) is 88.9 Å². The molecule has 1 atom stereocenters. The van der Waals surface area contributed by atoms with Crippen LogP contribution in [0.2, 0.25) is 5.02 Å². The Kier molecular flexibility index (Phi) is 9.93. The summed E-state index contributed by atoms with van der Waals surface area (Å²) in [7, 11) is 0. The first kappa shape index (κ1) is 26.5. The summed E-state index contributed by atoms with van der Waals surface area (Å²) in [5.74, 6) is 0.491. The molecule has 1 heterocycles. The van der Waals surface area contributed by atoms with Crippen LogP contribution in [0.15, 0.2) is 72.4 Å². The Hall–Kier alpha value is -3.10. The van der Waals surface area contributed by atoms with Crippen LogP contribution in [-0.2, 0) is 17.8 Å². The van der Waals surface area contributed by atoms with Crippen LogP contribution in [-0.4, -0.2) is 38.9 Å². The van der Waals surface area contributed by atoms with Gasteiger partial charge in [-0.05, 0) is 30.0 Å². The highest BCUT2D eigenvalue weighted by Gasteiger charge is 2.27. The van der Waals surface area contributed by atoms with Crippen molar-refractivity contribution in [3.05, 3.63) is 89.2 Å². The summed E-state index contributed by atoms with van der Waals surface area (Å²) in [6, 6.07) is 16.5. The Labute approximate surface area is 215 Å². The molecule has 0 saturated carbocycles. The second kappa shape index (κ2) is 13.1. The molecular weight excluding hydrogens is 482 g/mol. The number of hydrogen-bond donors (Lipinski definition) is 2. The van der Waals surface area contributed by atoms with Gasteiger partial charge < -0.3 is 15.2 Å². The van der Waals surface area contributed by atoms with Gasteiger partial charge in [0.05, 0.1) is 22.4 Å². The highest BCUT2D eigenvalue weighted by atomic mass is 35.5. The zero-order valence-electron chi connectivity index (χ0n) is 19.9. The Morgan fingerprint density at radius 3 is 2.51 bits per heavy atom. The van der Waals surface area contributed by atoms with E-state index in [-0.39, 0.29) is 23.5 Å². The number of benzene rings is 2. The summed E-state index contributed by atoms with van der Waals surface area (Å²) in [4.78, 5) is 25.3. The van der Waals surface area contributed by atoms with Crippen molar-refractivity contribution in [1.82, 2.24) is 25.4 Å². The predicted molar refractivity (Wildman–Crippen MR) is 141 cm³/mol. The number of aromatic nitrogens is 3. The van der Waals surface area contributed by atoms with Gasteiger partial charge in [0.25, 0.3) is 5.91 Å². The molecule has 1 aromatic heterocycles. The zero-order valence-corrected chi connectivity index (χ0v) is 21.5. The molecule has 0 fully saturated rings. The Bertz CT molecular complexity index is 1150. The van der Waals surface area contributed by atoms with Gasteiger partial charge >= 0.3 is 0 Å². The molecule has 0 radical (unpaired) electrons. The van der Waals surface area contributed by atoms with Crippen LogP contribution in [0.4, 0.5) is 0 Å². The molecule has 3 rings (SSSR count). The van der Waals surface area contributed by atoms with E-state index in [9.17, 15) is 9.59 Å². The smallest absolute Gasteiger partial charge is 0.253 e. The average molecular weight is 512 g/mol. The molecule has 1 unspecified atom stereocenters. The van der Waals surface area contributed by atoms with Crippen LogP contribution in [0, 0.1) is 5.92 Å². The maximum absolute atomic E-state index is 12.9. The van der Waals surface area contributed by atoms with Crippen molar-refractivity contribution in [2.24, 2.45) is 5.92 Å². The number of allylic oxidation sites excluding steroid dienone is 1. The van der Waals surface area contributed by atoms with Crippen molar-refractivity contribution in [3.8, 4) is 0 Å². The number of rotatable bonds is 12. The molecule has 2 aromatic carbocycles. The highest BCUT2D eigenvalue weighted by molar-refractivity contribution is 7.99. The summed E-state index contributed by atoms with van der Waals surface area (Å²) in [5, 5.41) is 15.6. The van der Waals surface area contributed by atoms with E-state index in [2.05, 4.69) is 27.4 Å². The maximum atomic E-state index is 12.9. The molecule has 0 aliphatic rings. The van der Waals surface area contributed by atoms with Gasteiger partial charge in [0.2, 0.25) is 5.91 Å². The summed E-state index contributed by atoms with van der Waals surface area (Å²) in [6.07, 6.45) is 2.51. The predicted octanol–water partition coefficient (Wildman–Crippen LogP) is 4.70. The van der Waals surface area contributed by atoms with E-state index in [0.29, 0.717) is 34.7 Å². The summed E-state index contributed by atoms with van der Waals surface area (Å²) in [6.45, 7) is 8.85. The Morgan fingerprint density at radius 1 is 1.11 bits per heavy atom. The highest BCUT2D eigenvalue weighted by Crippen LogP contribution is 2.26. The average Bonchev–Trinajstić information content (AvgIpc) is 3.24. The lowest BCUT2D eigenvalue weighted by molar-refractivity contribution is -0.118. The Morgan fingerprint density at radius 2 is 1.83 bits per heavy atom. The molecule has 9 heteroatoms. The van der Waals surface area contributed by atoms with Crippen LogP contribution in [0.5, 0.6) is 0 Å². The summed E-state index contributed by atoms with van der Waals surface area (Å²) in [5.41, 5.74) is 1.57. The van der Waals surface area contributed by atoms with Crippen LogP contribution < -0.4 is 10.6 Å². The van der Waals surface area contributed by atoms with E-state index in [1.165, 1.54) is 17.3 Å². The Balaban J connectivity index is 1.66. The van der Waals surface area contributed by atoms with Crippen molar-refractivity contribution in [3.63, 3.8) is 0 Å². The molecule has 35 heavy (non-hydrogen) atoms. The van der Waals surface area contributed by atoms with E-state index in [4.69, 9.17) is 11.6 Å². The second-order valence-corrected chi connectivity index (χ2v) is 9.64. The molecule has 0 spiro atoms. The fourth-order valence-electron chi connectivity index (χ4n) is 3.50. The third-order valence-electron chi connectivity index (χ3n) is 5.32. The van der Waals surface area contributed by atoms with Crippen LogP contribution >= 0.6 is 23.4 Å². The van der Waals surface area contributed by atoms with Gasteiger partial charge in [0, 0.05) is 13.1 Å². The van der Waals surface area contributed by atoms with Gasteiger partial charge in [-0.25, -0.2) is 0 Å². The molecule has 0 bridgehead atoms. The minimum absolute atomic E-state index is 0.0355. The van der Waals surface area contributed by atoms with Crippen LogP contribution in [0.25, 0.3) is 0 Å². The number of nitrogens with one attached hydrogen (secondary N) is 2. The number of carbonyl (C=O) groups is 2. The fourth-order valence-corrected chi connectivity index (χ4v) is 4.51. The third kappa shape index (κ3) is 7.44. The fraction of sp³-hybridized carbons (Fsp3) is 0.308. The summed E-state index contributed by atoms with van der Waals surface area (Å²) < 4.78 is 1.88. The first-order chi connectivity index (χ1) is 16.9. The van der Waals surface area contributed by atoms with Gasteiger partial charge in [-0.1, -0.05) is 85.8 Å². The van der Waals surface area contributed by atoms with Crippen molar-refractivity contribution in [2.45, 2.75) is 38.0 Å². The van der Waals surface area contributed by atoms with E-state index in [0.717, 1.165) is 6.42 Å². The molecule has 184 valence electrons. The quantitative estimate of drug-likeness (QED) is 0.272. The molecule has 0 saturated heterocycles. The van der Waals surface area contributed by atoms with Gasteiger partial charge in [0.15, 0.2) is 11.0 Å². The number of carbonyl (C=O) groups excluding carboxylic acids is 2. The SMILES string of the molecule is C=CCn1c(SCC(=O)NCCc2ccccc2)nnc1C(NC(=O)c1ccccc1Cl)C(C)C. The van der Waals surface area contributed by atoms with Gasteiger partial charge in [-0.3, -0.25) is 9.59 Å². The first-order valence-electron chi connectivity index (χ1n) is 11.4. The molecule has 2 N–H and O–H groups in total. The standard InChI is InChI=1S/C26H30ClN5O2S/c1-4-16-32-24(23(18(2)3)29-25(34)20-12-8-9-13-21(20)27)30-31-26(32)35-17-22(33)28-15-14-19-10-6-5-7-11-19/h4-13,18,23H,1,14-17H2,2-3H3,(H,28,33)(H,29,34). The summed E-state index contributed by atoms with van der Waals surface area (Å²) >= 11 is 7.51. The number of halogens is 1. The van der Waals surface area contributed by atoms with E-state index < -0.39 is 6.04 Å². The molecule has 3 aromatic rings. The lowest BCUT2D eigenvalue weighted by Gasteiger charge is -2.23. The van der Waals surface area contributed by atoms with E-state index in [1.54, 1.807) is 30.3 Å². The van der Waals surface area contributed by atoms with Crippen molar-refractivity contribution in [1.29, 1.82) is 0 Å². The normalized spacial score (nSPS) is 11.8. The number of hydrogen-bond acceptors (Lipinski definition) is 5. The van der Waals surface area contributed by atoms with Gasteiger partial charge in [-0.2, -0.15) is 0 Å². The van der Waals surface area contributed by atoms with Crippen LogP contribution in [0.1, 0.15) is 41.6 Å². The lowest BCUT2D eigenvalue weighted by Crippen LogP contribution is -2.34. The number of nitrogens with zero attached hydrogens (tertiary/aromatic N) is 3. The van der Waals surface area contributed by atoms with E-state index >= 15 is 0 Å². The molecule has 2 amide bonds. The number of amides is 2. The van der Waals surface area contributed by atoms with Gasteiger partial charge in [0.1, 0.15) is 0 Å². The lowest BCUT2D eigenvalue weighted by atomic mass is 10.0. The molecular formula is C26H30ClN5O2S. The van der Waals surface area contributed by atoms with Crippen LogP contribution in [0.3, 0.4) is 0 Å². The largest absolute Gasteiger partial charge is 0.355 e. The molecule has 0 aliphatic heterocycles. The molecule has 7 nitrogen and oxygen atoms in total. The minimum Gasteiger partial charge on any atom is -0.355 e. The maximum Gasteiger partial charge on any atom is 0.253 e. The minimum atomic E-state index is -0.403. The van der Waals surface area contributed by atoms with Crippen molar-refractivity contribution >= 4 is 35.2 Å².